The number of halogens is 5. The van der Waals surface area contributed by atoms with Gasteiger partial charge in [-0.05, 0) is 17.7 Å². The number of hydrogen-bond donors (Lipinski definition) is 0. The topological polar surface area (TPSA) is 17.1 Å². The third-order valence-corrected chi connectivity index (χ3v) is 2.94. The van der Waals surface area contributed by atoms with Gasteiger partial charge < -0.3 is 0 Å². The summed E-state index contributed by atoms with van der Waals surface area (Å²) in [4.78, 5) is 11.3. The fourth-order valence-electron chi connectivity index (χ4n) is 1.25. The fourth-order valence-corrected chi connectivity index (χ4v) is 1.99. The number of Topliss-reactive ketones (excluding diaryl/α,β-unsaturated/α-hetero) is 1. The molecule has 94 valence electrons. The third kappa shape index (κ3) is 5.55. The first-order valence-corrected chi connectivity index (χ1v) is 5.97. The summed E-state index contributed by atoms with van der Waals surface area (Å²) in [6, 6.07) is 4.92. The lowest BCUT2D eigenvalue weighted by Gasteiger charge is -2.06. The first kappa shape index (κ1) is 14.5. The Hall–Kier alpha value is -0.550. The van der Waals surface area contributed by atoms with E-state index in [2.05, 4.69) is 15.9 Å². The van der Waals surface area contributed by atoms with E-state index in [-0.39, 0.29) is 6.42 Å². The van der Waals surface area contributed by atoms with Gasteiger partial charge in [-0.2, -0.15) is 13.2 Å². The Labute approximate surface area is 110 Å². The van der Waals surface area contributed by atoms with Crippen LogP contribution in [0.2, 0.25) is 5.02 Å². The molecule has 0 saturated carbocycles. The van der Waals surface area contributed by atoms with Crippen LogP contribution < -0.4 is 0 Å². The molecule has 0 amide bonds. The maximum Gasteiger partial charge on any atom is 0.389 e. The van der Waals surface area contributed by atoms with E-state index in [9.17, 15) is 18.0 Å². The third-order valence-electron chi connectivity index (χ3n) is 2.09. The summed E-state index contributed by atoms with van der Waals surface area (Å²) >= 11 is 9.06. The van der Waals surface area contributed by atoms with Crippen molar-refractivity contribution in [1.29, 1.82) is 0 Å². The largest absolute Gasteiger partial charge is 0.389 e. The Morgan fingerprint density at radius 3 is 2.53 bits per heavy atom. The molecule has 0 fully saturated rings. The van der Waals surface area contributed by atoms with Crippen LogP contribution in [0.25, 0.3) is 0 Å². The van der Waals surface area contributed by atoms with Gasteiger partial charge in [0.1, 0.15) is 5.78 Å². The van der Waals surface area contributed by atoms with E-state index in [1.54, 1.807) is 18.2 Å². The van der Waals surface area contributed by atoms with Crippen molar-refractivity contribution in [1.82, 2.24) is 0 Å². The number of benzene rings is 1. The van der Waals surface area contributed by atoms with Gasteiger partial charge in [0.15, 0.2) is 0 Å². The molecule has 0 saturated heterocycles. The molecule has 0 radical (unpaired) electrons. The molecular formula is C11H9BrClF3O. The number of rotatable bonds is 4. The summed E-state index contributed by atoms with van der Waals surface area (Å²) in [7, 11) is 0. The van der Waals surface area contributed by atoms with E-state index in [0.717, 1.165) is 4.47 Å². The van der Waals surface area contributed by atoms with Crippen LogP contribution in [0.3, 0.4) is 0 Å². The second-order valence-electron chi connectivity index (χ2n) is 3.57. The minimum atomic E-state index is -4.29. The first-order chi connectivity index (χ1) is 7.78. The zero-order valence-corrected chi connectivity index (χ0v) is 11.0. The molecular weight excluding hydrogens is 320 g/mol. The van der Waals surface area contributed by atoms with Crippen LogP contribution in [-0.4, -0.2) is 12.0 Å². The zero-order chi connectivity index (χ0) is 13.1. The minimum Gasteiger partial charge on any atom is -0.299 e. The van der Waals surface area contributed by atoms with Gasteiger partial charge in [-0.1, -0.05) is 33.6 Å². The molecule has 0 heterocycles. The van der Waals surface area contributed by atoms with Crippen molar-refractivity contribution in [3.8, 4) is 0 Å². The summed E-state index contributed by atoms with van der Waals surface area (Å²) in [6.07, 6.45) is -5.95. The molecule has 0 aliphatic heterocycles. The highest BCUT2D eigenvalue weighted by molar-refractivity contribution is 9.10. The van der Waals surface area contributed by atoms with Crippen LogP contribution >= 0.6 is 27.5 Å². The van der Waals surface area contributed by atoms with Crippen LogP contribution in [0.5, 0.6) is 0 Å². The van der Waals surface area contributed by atoms with Crippen molar-refractivity contribution < 1.29 is 18.0 Å². The Morgan fingerprint density at radius 1 is 1.35 bits per heavy atom. The predicted molar refractivity (Wildman–Crippen MR) is 63.2 cm³/mol. The van der Waals surface area contributed by atoms with Crippen LogP contribution in [0.15, 0.2) is 22.7 Å². The Balaban J connectivity index is 2.57. The van der Waals surface area contributed by atoms with Gasteiger partial charge in [-0.25, -0.2) is 0 Å². The molecule has 0 N–H and O–H groups in total. The highest BCUT2D eigenvalue weighted by atomic mass is 79.9. The van der Waals surface area contributed by atoms with Crippen LogP contribution in [0, 0.1) is 0 Å². The number of alkyl halides is 3. The zero-order valence-electron chi connectivity index (χ0n) is 8.65. The predicted octanol–water partition coefficient (Wildman–Crippen LogP) is 4.56. The minimum absolute atomic E-state index is 0.0673. The maximum atomic E-state index is 11.9. The molecule has 1 aromatic carbocycles. The average Bonchev–Trinajstić information content (AvgIpc) is 2.18. The highest BCUT2D eigenvalue weighted by Gasteiger charge is 2.27. The van der Waals surface area contributed by atoms with Crippen molar-refractivity contribution in [2.24, 2.45) is 0 Å². The summed E-state index contributed by atoms with van der Waals surface area (Å²) < 4.78 is 36.5. The smallest absolute Gasteiger partial charge is 0.299 e. The molecule has 0 unspecified atom stereocenters. The molecule has 1 aromatic rings. The summed E-state index contributed by atoms with van der Waals surface area (Å²) in [6.45, 7) is 0. The number of carbonyl (C=O) groups excluding carboxylic acids is 1. The van der Waals surface area contributed by atoms with Crippen LogP contribution in [0.1, 0.15) is 18.4 Å². The Bertz CT molecular complexity index is 418. The molecule has 6 heteroatoms. The number of ketones is 1. The van der Waals surface area contributed by atoms with Gasteiger partial charge >= 0.3 is 6.18 Å². The number of hydrogen-bond acceptors (Lipinski definition) is 1. The molecule has 0 atom stereocenters. The van der Waals surface area contributed by atoms with Gasteiger partial charge in [-0.3, -0.25) is 4.79 Å². The monoisotopic (exact) mass is 328 g/mol. The summed E-state index contributed by atoms with van der Waals surface area (Å²) in [5.41, 5.74) is 0.544. The molecule has 1 nitrogen and oxygen atoms in total. The van der Waals surface area contributed by atoms with Crippen molar-refractivity contribution >= 4 is 33.3 Å². The van der Waals surface area contributed by atoms with E-state index in [0.29, 0.717) is 10.6 Å². The lowest BCUT2D eigenvalue weighted by atomic mass is 10.1. The van der Waals surface area contributed by atoms with Gasteiger partial charge in [0, 0.05) is 22.3 Å². The molecule has 0 aromatic heterocycles. The molecule has 0 aliphatic carbocycles. The summed E-state index contributed by atoms with van der Waals surface area (Å²) in [5.74, 6) is -0.466. The molecule has 17 heavy (non-hydrogen) atoms. The van der Waals surface area contributed by atoms with E-state index < -0.39 is 24.8 Å². The fraction of sp³-hybridized carbons (Fsp3) is 0.364. The summed E-state index contributed by atoms with van der Waals surface area (Å²) in [5, 5.41) is 0.375. The van der Waals surface area contributed by atoms with Crippen molar-refractivity contribution in [3.05, 3.63) is 33.3 Å². The van der Waals surface area contributed by atoms with E-state index in [1.165, 1.54) is 0 Å². The Morgan fingerprint density at radius 2 is 2.00 bits per heavy atom. The quantitative estimate of drug-likeness (QED) is 0.791. The lowest BCUT2D eigenvalue weighted by Crippen LogP contribution is -2.12. The molecule has 1 rings (SSSR count). The van der Waals surface area contributed by atoms with Gasteiger partial charge in [-0.15, -0.1) is 0 Å². The molecule has 0 aliphatic rings. The van der Waals surface area contributed by atoms with Crippen LogP contribution in [-0.2, 0) is 11.2 Å². The Kier molecular flexibility index (Phi) is 5.01. The second-order valence-corrected chi connectivity index (χ2v) is 4.89. The maximum absolute atomic E-state index is 11.9. The van der Waals surface area contributed by atoms with Crippen LogP contribution in [0.4, 0.5) is 13.2 Å². The molecule has 0 bridgehead atoms. The number of carbonyl (C=O) groups is 1. The first-order valence-electron chi connectivity index (χ1n) is 4.80. The standard InChI is InChI=1S/C11H9BrClF3O/c12-8-2-1-7(10(13)6-8)5-9(17)3-4-11(14,15)16/h1-2,6H,3-5H2. The SMILES string of the molecule is O=C(CCC(F)(F)F)Cc1ccc(Br)cc1Cl. The molecule has 0 spiro atoms. The lowest BCUT2D eigenvalue weighted by molar-refractivity contribution is -0.143. The van der Waals surface area contributed by atoms with Crippen molar-refractivity contribution in [2.45, 2.75) is 25.4 Å². The van der Waals surface area contributed by atoms with Gasteiger partial charge in [0.25, 0.3) is 0 Å². The van der Waals surface area contributed by atoms with E-state index in [4.69, 9.17) is 11.6 Å². The normalized spacial score (nSPS) is 11.6. The van der Waals surface area contributed by atoms with Crippen molar-refractivity contribution in [2.75, 3.05) is 0 Å². The highest BCUT2D eigenvalue weighted by Crippen LogP contribution is 2.24. The van der Waals surface area contributed by atoms with E-state index >= 15 is 0 Å². The van der Waals surface area contributed by atoms with Gasteiger partial charge in [0.2, 0.25) is 0 Å². The van der Waals surface area contributed by atoms with Gasteiger partial charge in [0.05, 0.1) is 6.42 Å². The second kappa shape index (κ2) is 5.87. The van der Waals surface area contributed by atoms with E-state index in [1.807, 2.05) is 0 Å². The average molecular weight is 330 g/mol. The van der Waals surface area contributed by atoms with Crippen molar-refractivity contribution in [3.63, 3.8) is 0 Å².